The minimum Gasteiger partial charge on any atom is -0.309 e. The van der Waals surface area contributed by atoms with Crippen LogP contribution in [0, 0.1) is 0 Å². The van der Waals surface area contributed by atoms with E-state index in [4.69, 9.17) is 9.97 Å². The quantitative estimate of drug-likeness (QED) is 0.172. The van der Waals surface area contributed by atoms with Crippen LogP contribution in [0.2, 0.25) is 0 Å². The molecule has 0 aliphatic rings. The fourth-order valence-electron chi connectivity index (χ4n) is 6.76. The van der Waals surface area contributed by atoms with Crippen LogP contribution < -0.4 is 0 Å². The lowest BCUT2D eigenvalue weighted by atomic mass is 10.0. The van der Waals surface area contributed by atoms with E-state index in [0.29, 0.717) is 5.82 Å². The number of benzene rings is 6. The van der Waals surface area contributed by atoms with Gasteiger partial charge in [-0.2, -0.15) is 0 Å². The molecule has 0 aliphatic heterocycles. The fraction of sp³-hybridized carbons (Fsp3) is 0. The van der Waals surface area contributed by atoms with E-state index in [0.717, 1.165) is 55.6 Å². The molecule has 3 nitrogen and oxygen atoms in total. The second-order valence-corrected chi connectivity index (χ2v) is 11.9. The number of hydrogen-bond acceptors (Lipinski definition) is 2. The van der Waals surface area contributed by atoms with Gasteiger partial charge in [-0.15, -0.1) is 0 Å². The first-order valence-electron chi connectivity index (χ1n) is 16.4. The number of rotatable bonds is 6. The summed E-state index contributed by atoms with van der Waals surface area (Å²) in [6.45, 7) is 7.96. The maximum atomic E-state index is 5.12. The largest absolute Gasteiger partial charge is 0.309 e. The highest BCUT2D eigenvalue weighted by atomic mass is 15.0. The van der Waals surface area contributed by atoms with E-state index in [-0.39, 0.29) is 0 Å². The van der Waals surface area contributed by atoms with Crippen molar-refractivity contribution in [3.8, 4) is 28.3 Å². The Morgan fingerprint density at radius 2 is 1.00 bits per heavy atom. The predicted octanol–water partition coefficient (Wildman–Crippen LogP) is 12.1. The van der Waals surface area contributed by atoms with Gasteiger partial charge in [-0.1, -0.05) is 159 Å². The molecule has 0 N–H and O–H groups in total. The minimum absolute atomic E-state index is 0.636. The van der Waals surface area contributed by atoms with Crippen molar-refractivity contribution in [1.29, 1.82) is 0 Å². The average Bonchev–Trinajstić information content (AvgIpc) is 3.21. The van der Waals surface area contributed by atoms with Crippen molar-refractivity contribution in [1.82, 2.24) is 14.5 Å². The van der Waals surface area contributed by atoms with Crippen molar-refractivity contribution in [3.63, 3.8) is 0 Å². The smallest absolute Gasteiger partial charge is 0.160 e. The molecule has 0 aliphatic carbocycles. The van der Waals surface area contributed by atoms with Crippen molar-refractivity contribution in [2.24, 2.45) is 0 Å². The number of aromatic nitrogens is 3. The van der Waals surface area contributed by atoms with E-state index in [9.17, 15) is 0 Å². The van der Waals surface area contributed by atoms with Crippen LogP contribution in [-0.4, -0.2) is 14.5 Å². The van der Waals surface area contributed by atoms with Gasteiger partial charge < -0.3 is 4.57 Å². The van der Waals surface area contributed by atoms with Gasteiger partial charge in [-0.25, -0.2) is 9.97 Å². The molecule has 0 atom stereocenters. The Morgan fingerprint density at radius 1 is 0.490 bits per heavy atom. The summed E-state index contributed by atoms with van der Waals surface area (Å²) < 4.78 is 2.38. The van der Waals surface area contributed by atoms with Crippen LogP contribution in [0.15, 0.2) is 189 Å². The van der Waals surface area contributed by atoms with Crippen LogP contribution in [0.5, 0.6) is 0 Å². The zero-order chi connectivity index (χ0) is 33.2. The number of allylic oxidation sites excluding steroid dienone is 4. The first-order valence-corrected chi connectivity index (χ1v) is 16.4. The summed E-state index contributed by atoms with van der Waals surface area (Å²) in [5, 5.41) is 7.11. The standard InChI is InChI=1S/C46H33N3/c1-3-17-32(4-2)42-31-43(33-18-6-5-7-19-33)48-46(47-42)34-20-16-21-35(30-34)49-44-28-14-12-26-40(44)38-24-10-8-22-36(38)37-23-9-11-25-39(37)41-27-13-15-29-45(41)49/h3-31H,1-2H2/b32-17+. The molecule has 0 unspecified atom stereocenters. The van der Waals surface area contributed by atoms with Crippen molar-refractivity contribution < 1.29 is 0 Å². The molecule has 3 heteroatoms. The molecule has 0 bridgehead atoms. The fourth-order valence-corrected chi connectivity index (χ4v) is 6.76. The monoisotopic (exact) mass is 627 g/mol. The summed E-state index contributed by atoms with van der Waals surface area (Å²) in [4.78, 5) is 10.2. The molecule has 8 aromatic rings. The normalized spacial score (nSPS) is 11.6. The summed E-state index contributed by atoms with van der Waals surface area (Å²) in [7, 11) is 0. The van der Waals surface area contributed by atoms with Crippen molar-refractivity contribution in [2.75, 3.05) is 0 Å². The Balaban J connectivity index is 1.48. The molecule has 0 saturated heterocycles. The lowest BCUT2D eigenvalue weighted by Crippen LogP contribution is -2.00. The van der Waals surface area contributed by atoms with E-state index in [1.807, 2.05) is 36.4 Å². The number of para-hydroxylation sites is 2. The SMILES string of the molecule is C=C/C=C(\C=C)c1cc(-c2ccccc2)nc(-c2cccc(-n3c4ccccc4c4ccccc4c4ccccc4c4ccccc43)c2)n1. The third-order valence-corrected chi connectivity index (χ3v) is 8.99. The van der Waals surface area contributed by atoms with Gasteiger partial charge in [-0.3, -0.25) is 0 Å². The zero-order valence-corrected chi connectivity index (χ0v) is 27.0. The first kappa shape index (κ1) is 29.8. The minimum atomic E-state index is 0.636. The molecule has 0 fully saturated rings. The van der Waals surface area contributed by atoms with Crippen molar-refractivity contribution >= 4 is 48.9 Å². The zero-order valence-electron chi connectivity index (χ0n) is 27.0. The summed E-state index contributed by atoms with van der Waals surface area (Å²) in [5.74, 6) is 0.636. The summed E-state index contributed by atoms with van der Waals surface area (Å²) in [6, 6.07) is 55.6. The Kier molecular flexibility index (Phi) is 7.85. The van der Waals surface area contributed by atoms with Gasteiger partial charge in [0.15, 0.2) is 5.82 Å². The summed E-state index contributed by atoms with van der Waals surface area (Å²) in [6.07, 6.45) is 5.50. The average molecular weight is 628 g/mol. The Labute approximate surface area is 285 Å². The van der Waals surface area contributed by atoms with E-state index in [1.165, 1.54) is 21.5 Å². The van der Waals surface area contributed by atoms with Gasteiger partial charge >= 0.3 is 0 Å². The van der Waals surface area contributed by atoms with E-state index >= 15 is 0 Å². The van der Waals surface area contributed by atoms with Crippen LogP contribution in [0.4, 0.5) is 0 Å². The molecule has 8 rings (SSSR count). The molecular formula is C46H33N3. The van der Waals surface area contributed by atoms with Crippen LogP contribution >= 0.6 is 0 Å². The third kappa shape index (κ3) is 5.48. The molecule has 0 saturated carbocycles. The predicted molar refractivity (Wildman–Crippen MR) is 208 cm³/mol. The van der Waals surface area contributed by atoms with Crippen molar-refractivity contribution in [3.05, 3.63) is 195 Å². The van der Waals surface area contributed by atoms with Gasteiger partial charge in [0.25, 0.3) is 0 Å². The first-order chi connectivity index (χ1) is 24.2. The van der Waals surface area contributed by atoms with Crippen LogP contribution in [0.3, 0.4) is 0 Å². The highest BCUT2D eigenvalue weighted by Crippen LogP contribution is 2.35. The van der Waals surface area contributed by atoms with Crippen LogP contribution in [0.25, 0.3) is 77.3 Å². The van der Waals surface area contributed by atoms with Crippen LogP contribution in [-0.2, 0) is 0 Å². The van der Waals surface area contributed by atoms with Gasteiger partial charge in [0, 0.05) is 27.6 Å². The summed E-state index contributed by atoms with van der Waals surface area (Å²) in [5.41, 5.74) is 7.64. The van der Waals surface area contributed by atoms with E-state index < -0.39 is 0 Å². The van der Waals surface area contributed by atoms with E-state index in [1.54, 1.807) is 6.08 Å². The molecule has 0 spiro atoms. The Bertz CT molecular complexity index is 2540. The maximum Gasteiger partial charge on any atom is 0.160 e. The Hall–Kier alpha value is -6.58. The lowest BCUT2D eigenvalue weighted by Gasteiger charge is -2.15. The topological polar surface area (TPSA) is 30.7 Å². The molecule has 0 amide bonds. The highest BCUT2D eigenvalue weighted by Gasteiger charge is 2.14. The number of hydrogen-bond donors (Lipinski definition) is 0. The van der Waals surface area contributed by atoms with Crippen LogP contribution in [0.1, 0.15) is 5.69 Å². The van der Waals surface area contributed by atoms with Gasteiger partial charge in [-0.05, 0) is 57.4 Å². The Morgan fingerprint density at radius 3 is 1.57 bits per heavy atom. The molecule has 0 radical (unpaired) electrons. The molecule has 2 heterocycles. The molecular weight excluding hydrogens is 595 g/mol. The second-order valence-electron chi connectivity index (χ2n) is 11.9. The van der Waals surface area contributed by atoms with E-state index in [2.05, 4.69) is 151 Å². The second kappa shape index (κ2) is 12.9. The molecule has 6 aromatic carbocycles. The van der Waals surface area contributed by atoms with Crippen molar-refractivity contribution in [2.45, 2.75) is 0 Å². The number of fused-ring (bicyclic) bond motifs is 7. The molecule has 2 aromatic heterocycles. The molecule has 232 valence electrons. The maximum absolute atomic E-state index is 5.12. The molecule has 49 heavy (non-hydrogen) atoms. The number of nitrogens with zero attached hydrogens (tertiary/aromatic N) is 3. The summed E-state index contributed by atoms with van der Waals surface area (Å²) >= 11 is 0. The van der Waals surface area contributed by atoms with Gasteiger partial charge in [0.1, 0.15) is 0 Å². The highest BCUT2D eigenvalue weighted by molar-refractivity contribution is 6.19. The van der Waals surface area contributed by atoms with Gasteiger partial charge in [0.05, 0.1) is 22.4 Å². The third-order valence-electron chi connectivity index (χ3n) is 8.99. The lowest BCUT2D eigenvalue weighted by molar-refractivity contribution is 1.14. The van der Waals surface area contributed by atoms with Gasteiger partial charge in [0.2, 0.25) is 0 Å².